The lowest BCUT2D eigenvalue weighted by Gasteiger charge is -2.43. The van der Waals surface area contributed by atoms with E-state index in [-0.39, 0.29) is 11.3 Å². The Morgan fingerprint density at radius 2 is 2.27 bits per heavy atom. The van der Waals surface area contributed by atoms with Crippen LogP contribution in [0.3, 0.4) is 0 Å². The van der Waals surface area contributed by atoms with Gasteiger partial charge in [-0.25, -0.2) is 0 Å². The molecular weight excluding hydrogens is 278 g/mol. The minimum Gasteiger partial charge on any atom is -0.379 e. The van der Waals surface area contributed by atoms with E-state index >= 15 is 0 Å². The first kappa shape index (κ1) is 15.4. The second-order valence-corrected chi connectivity index (χ2v) is 6.47. The number of carbonyl (C=O) groups excluding carboxylic acids is 1. The van der Waals surface area contributed by atoms with Gasteiger partial charge in [-0.2, -0.15) is 0 Å². The Bertz CT molecular complexity index is 508. The first-order valence-electron chi connectivity index (χ1n) is 8.23. The molecule has 120 valence electrons. The van der Waals surface area contributed by atoms with Gasteiger partial charge in [0.25, 0.3) is 5.91 Å². The van der Waals surface area contributed by atoms with E-state index in [4.69, 9.17) is 4.74 Å². The Morgan fingerprint density at radius 1 is 1.36 bits per heavy atom. The molecule has 1 aromatic heterocycles. The molecule has 22 heavy (non-hydrogen) atoms. The van der Waals surface area contributed by atoms with E-state index in [1.165, 1.54) is 0 Å². The average Bonchev–Trinajstić information content (AvgIpc) is 2.77. The summed E-state index contributed by atoms with van der Waals surface area (Å²) in [5, 5.41) is 0. The molecule has 2 saturated heterocycles. The standard InChI is InChI=1S/C17H25N3O2/c1-2-19-10-11-22-14-17(12-19)7-5-9-20(13-17)16(21)15-6-3-4-8-18-15/h3-4,6,8H,2,5,7,9-14H2,1H3/t17-/m0/s1. The maximum Gasteiger partial charge on any atom is 0.272 e. The molecule has 0 N–H and O–H groups in total. The highest BCUT2D eigenvalue weighted by Crippen LogP contribution is 2.33. The molecule has 1 amide bonds. The van der Waals surface area contributed by atoms with Crippen molar-refractivity contribution in [2.75, 3.05) is 45.9 Å². The topological polar surface area (TPSA) is 45.7 Å². The summed E-state index contributed by atoms with van der Waals surface area (Å²) in [6.07, 6.45) is 3.86. The van der Waals surface area contributed by atoms with Gasteiger partial charge in [0.05, 0.1) is 13.2 Å². The lowest BCUT2D eigenvalue weighted by atomic mass is 9.80. The van der Waals surface area contributed by atoms with Crippen LogP contribution in [0.4, 0.5) is 0 Å². The molecule has 2 fully saturated rings. The number of rotatable bonds is 2. The number of likely N-dealkylation sites (tertiary alicyclic amines) is 1. The van der Waals surface area contributed by atoms with Crippen molar-refractivity contribution >= 4 is 5.91 Å². The third kappa shape index (κ3) is 3.31. The maximum atomic E-state index is 12.7. The lowest BCUT2D eigenvalue weighted by Crippen LogP contribution is -2.52. The lowest BCUT2D eigenvalue weighted by molar-refractivity contribution is 0.00743. The number of aromatic nitrogens is 1. The number of pyridine rings is 1. The SMILES string of the molecule is CCN1CCOC[C@@]2(CCCN(C(=O)c3ccccn3)C2)C1. The van der Waals surface area contributed by atoms with Gasteiger partial charge in [-0.05, 0) is 31.5 Å². The van der Waals surface area contributed by atoms with Crippen LogP contribution in [0.5, 0.6) is 0 Å². The first-order chi connectivity index (χ1) is 10.7. The summed E-state index contributed by atoms with van der Waals surface area (Å²) < 4.78 is 5.86. The zero-order valence-electron chi connectivity index (χ0n) is 13.3. The molecule has 0 aliphatic carbocycles. The number of ether oxygens (including phenoxy) is 1. The monoisotopic (exact) mass is 303 g/mol. The van der Waals surface area contributed by atoms with Gasteiger partial charge in [-0.15, -0.1) is 0 Å². The van der Waals surface area contributed by atoms with E-state index in [1.54, 1.807) is 12.3 Å². The number of carbonyl (C=O) groups is 1. The minimum atomic E-state index is 0.0481. The highest BCUT2D eigenvalue weighted by molar-refractivity contribution is 5.92. The molecule has 0 unspecified atom stereocenters. The minimum absolute atomic E-state index is 0.0481. The van der Waals surface area contributed by atoms with Crippen LogP contribution in [0.25, 0.3) is 0 Å². The van der Waals surface area contributed by atoms with E-state index in [1.807, 2.05) is 17.0 Å². The van der Waals surface area contributed by atoms with Crippen LogP contribution in [-0.2, 0) is 4.74 Å². The molecule has 1 aromatic rings. The van der Waals surface area contributed by atoms with Crippen molar-refractivity contribution < 1.29 is 9.53 Å². The van der Waals surface area contributed by atoms with Crippen LogP contribution >= 0.6 is 0 Å². The Labute approximate surface area is 132 Å². The summed E-state index contributed by atoms with van der Waals surface area (Å²) in [5.74, 6) is 0.0481. The molecule has 1 atom stereocenters. The predicted octanol–water partition coefficient (Wildman–Crippen LogP) is 1.66. The van der Waals surface area contributed by atoms with Crippen molar-refractivity contribution in [3.63, 3.8) is 0 Å². The van der Waals surface area contributed by atoms with Crippen molar-refractivity contribution in [2.24, 2.45) is 5.41 Å². The van der Waals surface area contributed by atoms with Gasteiger partial charge >= 0.3 is 0 Å². The second kappa shape index (κ2) is 6.75. The molecular formula is C17H25N3O2. The van der Waals surface area contributed by atoms with E-state index < -0.39 is 0 Å². The maximum absolute atomic E-state index is 12.7. The fourth-order valence-corrected chi connectivity index (χ4v) is 3.63. The van der Waals surface area contributed by atoms with E-state index in [9.17, 15) is 4.79 Å². The fraction of sp³-hybridized carbons (Fsp3) is 0.647. The largest absolute Gasteiger partial charge is 0.379 e. The predicted molar refractivity (Wildman–Crippen MR) is 84.7 cm³/mol. The number of amides is 1. The highest BCUT2D eigenvalue weighted by atomic mass is 16.5. The zero-order chi connectivity index (χ0) is 15.4. The molecule has 0 saturated carbocycles. The zero-order valence-corrected chi connectivity index (χ0v) is 13.3. The Hall–Kier alpha value is -1.46. The van der Waals surface area contributed by atoms with Gasteiger partial charge in [-0.3, -0.25) is 9.78 Å². The summed E-state index contributed by atoms with van der Waals surface area (Å²) in [5.41, 5.74) is 0.622. The molecule has 2 aliphatic rings. The molecule has 3 heterocycles. The molecule has 5 heteroatoms. The van der Waals surface area contributed by atoms with Crippen molar-refractivity contribution in [1.29, 1.82) is 0 Å². The Kier molecular flexibility index (Phi) is 4.74. The third-order valence-electron chi connectivity index (χ3n) is 4.80. The highest BCUT2D eigenvalue weighted by Gasteiger charge is 2.40. The Balaban J connectivity index is 1.74. The van der Waals surface area contributed by atoms with Crippen LogP contribution in [0.15, 0.2) is 24.4 Å². The number of piperidine rings is 1. The van der Waals surface area contributed by atoms with Crippen LogP contribution in [0.2, 0.25) is 0 Å². The smallest absolute Gasteiger partial charge is 0.272 e. The van der Waals surface area contributed by atoms with Gasteiger partial charge in [0, 0.05) is 37.8 Å². The van der Waals surface area contributed by atoms with Gasteiger partial charge in [0.2, 0.25) is 0 Å². The van der Waals surface area contributed by atoms with Crippen LogP contribution in [-0.4, -0.2) is 66.6 Å². The van der Waals surface area contributed by atoms with E-state index in [2.05, 4.69) is 16.8 Å². The summed E-state index contributed by atoms with van der Waals surface area (Å²) in [4.78, 5) is 21.3. The molecule has 3 rings (SSSR count). The summed E-state index contributed by atoms with van der Waals surface area (Å²) in [6.45, 7) is 8.40. The van der Waals surface area contributed by atoms with Gasteiger partial charge in [-0.1, -0.05) is 13.0 Å². The second-order valence-electron chi connectivity index (χ2n) is 6.47. The Morgan fingerprint density at radius 3 is 3.05 bits per heavy atom. The first-order valence-corrected chi connectivity index (χ1v) is 8.23. The third-order valence-corrected chi connectivity index (χ3v) is 4.80. The van der Waals surface area contributed by atoms with Crippen molar-refractivity contribution in [3.8, 4) is 0 Å². The molecule has 2 aliphatic heterocycles. The summed E-state index contributed by atoms with van der Waals surface area (Å²) in [6, 6.07) is 5.51. The molecule has 5 nitrogen and oxygen atoms in total. The molecule has 1 spiro atoms. The van der Waals surface area contributed by atoms with Crippen molar-refractivity contribution in [1.82, 2.24) is 14.8 Å². The number of likely N-dealkylation sites (N-methyl/N-ethyl adjacent to an activating group) is 1. The van der Waals surface area contributed by atoms with Crippen molar-refractivity contribution in [2.45, 2.75) is 19.8 Å². The quantitative estimate of drug-likeness (QED) is 0.833. The van der Waals surface area contributed by atoms with Crippen LogP contribution < -0.4 is 0 Å². The van der Waals surface area contributed by atoms with Crippen LogP contribution in [0.1, 0.15) is 30.3 Å². The normalized spacial score (nSPS) is 26.9. The van der Waals surface area contributed by atoms with Gasteiger partial charge in [0.15, 0.2) is 0 Å². The number of hydrogen-bond donors (Lipinski definition) is 0. The fourth-order valence-electron chi connectivity index (χ4n) is 3.63. The van der Waals surface area contributed by atoms with E-state index in [0.29, 0.717) is 5.69 Å². The van der Waals surface area contributed by atoms with Gasteiger partial charge in [0.1, 0.15) is 5.69 Å². The average molecular weight is 303 g/mol. The van der Waals surface area contributed by atoms with E-state index in [0.717, 1.165) is 58.8 Å². The summed E-state index contributed by atoms with van der Waals surface area (Å²) in [7, 11) is 0. The summed E-state index contributed by atoms with van der Waals surface area (Å²) >= 11 is 0. The van der Waals surface area contributed by atoms with Crippen molar-refractivity contribution in [3.05, 3.63) is 30.1 Å². The molecule has 0 aromatic carbocycles. The molecule has 0 radical (unpaired) electrons. The number of hydrogen-bond acceptors (Lipinski definition) is 4. The van der Waals surface area contributed by atoms with Gasteiger partial charge < -0.3 is 14.5 Å². The molecule has 0 bridgehead atoms. The number of nitrogens with zero attached hydrogens (tertiary/aromatic N) is 3. The van der Waals surface area contributed by atoms with Crippen LogP contribution in [0, 0.1) is 5.41 Å².